The second-order valence-electron chi connectivity index (χ2n) is 7.79. The third-order valence-corrected chi connectivity index (χ3v) is 6.85. The van der Waals surface area contributed by atoms with Crippen molar-refractivity contribution in [2.24, 2.45) is 0 Å². The van der Waals surface area contributed by atoms with Crippen LogP contribution in [0.25, 0.3) is 15.7 Å². The van der Waals surface area contributed by atoms with E-state index in [2.05, 4.69) is 53.6 Å². The summed E-state index contributed by atoms with van der Waals surface area (Å²) in [6.07, 6.45) is 2.11. The molecule has 1 aliphatic rings. The summed E-state index contributed by atoms with van der Waals surface area (Å²) >= 11 is 1.59. The summed E-state index contributed by atoms with van der Waals surface area (Å²) in [6, 6.07) is 14.5. The number of piperazine rings is 1. The molecule has 3 aromatic heterocycles. The van der Waals surface area contributed by atoms with Gasteiger partial charge in [-0.2, -0.15) is 0 Å². The lowest BCUT2D eigenvalue weighted by molar-refractivity contribution is 0.0631. The number of amides is 1. The Labute approximate surface area is 174 Å². The first-order valence-electron chi connectivity index (χ1n) is 10.0. The smallest absolute Gasteiger partial charge is 0.264 e. The van der Waals surface area contributed by atoms with Gasteiger partial charge < -0.3 is 9.30 Å². The van der Waals surface area contributed by atoms with Crippen LogP contribution in [0.3, 0.4) is 0 Å². The molecule has 5 rings (SSSR count). The Bertz CT molecular complexity index is 1170. The van der Waals surface area contributed by atoms with E-state index < -0.39 is 0 Å². The van der Waals surface area contributed by atoms with E-state index in [1.807, 2.05) is 23.1 Å². The summed E-state index contributed by atoms with van der Waals surface area (Å²) in [6.45, 7) is 8.34. The SMILES string of the molecule is Cc1ccn2c(CN3CCN(C(=O)c4cc5ccccc5s4)CC3)c(C)nc2c1. The molecule has 1 aliphatic heterocycles. The minimum atomic E-state index is 0.160. The summed E-state index contributed by atoms with van der Waals surface area (Å²) in [7, 11) is 0. The predicted molar refractivity (Wildman–Crippen MR) is 118 cm³/mol. The lowest BCUT2D eigenvalue weighted by Gasteiger charge is -2.34. The maximum atomic E-state index is 13.0. The zero-order valence-corrected chi connectivity index (χ0v) is 17.6. The number of imidazole rings is 1. The van der Waals surface area contributed by atoms with Crippen LogP contribution in [-0.4, -0.2) is 51.3 Å². The van der Waals surface area contributed by atoms with Gasteiger partial charge in [-0.3, -0.25) is 9.69 Å². The number of hydrogen-bond acceptors (Lipinski definition) is 4. The topological polar surface area (TPSA) is 40.9 Å². The van der Waals surface area contributed by atoms with Crippen LogP contribution in [0.15, 0.2) is 48.7 Å². The van der Waals surface area contributed by atoms with Crippen LogP contribution in [0.2, 0.25) is 0 Å². The van der Waals surface area contributed by atoms with Crippen LogP contribution in [0.5, 0.6) is 0 Å². The normalized spacial score (nSPS) is 15.4. The van der Waals surface area contributed by atoms with E-state index in [0.29, 0.717) is 0 Å². The van der Waals surface area contributed by atoms with Crippen molar-refractivity contribution in [1.29, 1.82) is 0 Å². The Morgan fingerprint density at radius 2 is 1.86 bits per heavy atom. The highest BCUT2D eigenvalue weighted by molar-refractivity contribution is 7.20. The van der Waals surface area contributed by atoms with Gasteiger partial charge in [0.05, 0.1) is 16.3 Å². The van der Waals surface area contributed by atoms with Gasteiger partial charge in [0.1, 0.15) is 5.65 Å². The van der Waals surface area contributed by atoms with Crippen molar-refractivity contribution in [1.82, 2.24) is 19.2 Å². The lowest BCUT2D eigenvalue weighted by atomic mass is 10.2. The Morgan fingerprint density at radius 1 is 1.07 bits per heavy atom. The lowest BCUT2D eigenvalue weighted by Crippen LogP contribution is -2.48. The largest absolute Gasteiger partial charge is 0.335 e. The van der Waals surface area contributed by atoms with E-state index in [1.54, 1.807) is 11.3 Å². The molecule has 6 heteroatoms. The number of carbonyl (C=O) groups excluding carboxylic acids is 1. The van der Waals surface area contributed by atoms with Crippen molar-refractivity contribution in [3.63, 3.8) is 0 Å². The number of carbonyl (C=O) groups is 1. The minimum Gasteiger partial charge on any atom is -0.335 e. The fourth-order valence-corrected chi connectivity index (χ4v) is 5.10. The first-order chi connectivity index (χ1) is 14.1. The Hall–Kier alpha value is -2.70. The van der Waals surface area contributed by atoms with E-state index in [-0.39, 0.29) is 5.91 Å². The second-order valence-corrected chi connectivity index (χ2v) is 8.88. The van der Waals surface area contributed by atoms with Gasteiger partial charge in [-0.25, -0.2) is 4.98 Å². The van der Waals surface area contributed by atoms with Gasteiger partial charge in [0.25, 0.3) is 5.91 Å². The van der Waals surface area contributed by atoms with Gasteiger partial charge in [0, 0.05) is 43.6 Å². The molecule has 0 N–H and O–H groups in total. The van der Waals surface area contributed by atoms with E-state index in [4.69, 9.17) is 4.98 Å². The van der Waals surface area contributed by atoms with Crippen LogP contribution in [0, 0.1) is 13.8 Å². The zero-order chi connectivity index (χ0) is 20.0. The first kappa shape index (κ1) is 18.3. The van der Waals surface area contributed by atoms with Gasteiger partial charge in [-0.1, -0.05) is 18.2 Å². The summed E-state index contributed by atoms with van der Waals surface area (Å²) in [4.78, 5) is 22.9. The molecule has 1 aromatic carbocycles. The molecule has 0 spiro atoms. The van der Waals surface area contributed by atoms with Crippen LogP contribution in [0.1, 0.15) is 26.6 Å². The Kier molecular flexibility index (Phi) is 4.60. The van der Waals surface area contributed by atoms with Crippen molar-refractivity contribution in [3.05, 3.63) is 70.5 Å². The molecular formula is C23H24N4OS. The molecule has 0 bridgehead atoms. The predicted octanol–water partition coefficient (Wildman–Crippen LogP) is 4.12. The highest BCUT2D eigenvalue weighted by Gasteiger charge is 2.24. The van der Waals surface area contributed by atoms with Crippen molar-refractivity contribution in [2.75, 3.05) is 26.2 Å². The standard InChI is InChI=1S/C23H24N4OS/c1-16-7-8-27-19(17(2)24-22(27)13-16)15-25-9-11-26(12-10-25)23(28)21-14-18-5-3-4-6-20(18)29-21/h3-8,13-14H,9-12,15H2,1-2H3. The number of nitrogens with zero attached hydrogens (tertiary/aromatic N) is 4. The number of aryl methyl sites for hydroxylation is 2. The van der Waals surface area contributed by atoms with Crippen LogP contribution < -0.4 is 0 Å². The van der Waals surface area contributed by atoms with E-state index in [1.165, 1.54) is 16.0 Å². The molecule has 0 saturated carbocycles. The summed E-state index contributed by atoms with van der Waals surface area (Å²) in [5.74, 6) is 0.160. The number of rotatable bonds is 3. The monoisotopic (exact) mass is 404 g/mol. The van der Waals surface area contributed by atoms with Crippen LogP contribution in [-0.2, 0) is 6.54 Å². The van der Waals surface area contributed by atoms with E-state index in [9.17, 15) is 4.79 Å². The van der Waals surface area contributed by atoms with Crippen molar-refractivity contribution >= 4 is 33.0 Å². The fourth-order valence-electron chi connectivity index (χ4n) is 4.07. The fraction of sp³-hybridized carbons (Fsp3) is 0.304. The van der Waals surface area contributed by atoms with E-state index >= 15 is 0 Å². The van der Waals surface area contributed by atoms with Gasteiger partial charge in [-0.15, -0.1) is 11.3 Å². The molecule has 0 aliphatic carbocycles. The average Bonchev–Trinajstić information content (AvgIpc) is 3.29. The number of hydrogen-bond donors (Lipinski definition) is 0. The quantitative estimate of drug-likeness (QED) is 0.516. The number of thiophene rings is 1. The molecule has 5 nitrogen and oxygen atoms in total. The Balaban J connectivity index is 1.27. The maximum Gasteiger partial charge on any atom is 0.264 e. The van der Waals surface area contributed by atoms with Gasteiger partial charge in [-0.05, 0) is 49.1 Å². The molecular weight excluding hydrogens is 380 g/mol. The first-order valence-corrected chi connectivity index (χ1v) is 10.8. The molecule has 4 aromatic rings. The van der Waals surface area contributed by atoms with Gasteiger partial charge in [0.2, 0.25) is 0 Å². The minimum absolute atomic E-state index is 0.160. The number of aromatic nitrogens is 2. The molecule has 0 atom stereocenters. The summed E-state index contributed by atoms with van der Waals surface area (Å²) in [5.41, 5.74) is 4.56. The number of fused-ring (bicyclic) bond motifs is 2. The highest BCUT2D eigenvalue weighted by atomic mass is 32.1. The van der Waals surface area contributed by atoms with Crippen molar-refractivity contribution < 1.29 is 4.79 Å². The summed E-state index contributed by atoms with van der Waals surface area (Å²) in [5, 5.41) is 1.15. The molecule has 0 radical (unpaired) electrons. The molecule has 4 heterocycles. The number of pyridine rings is 1. The average molecular weight is 405 g/mol. The van der Waals surface area contributed by atoms with E-state index in [0.717, 1.165) is 54.3 Å². The van der Waals surface area contributed by atoms with Crippen LogP contribution >= 0.6 is 11.3 Å². The number of benzene rings is 1. The summed E-state index contributed by atoms with van der Waals surface area (Å²) < 4.78 is 3.37. The third kappa shape index (κ3) is 3.43. The Morgan fingerprint density at radius 3 is 2.66 bits per heavy atom. The van der Waals surface area contributed by atoms with Crippen LogP contribution in [0.4, 0.5) is 0 Å². The molecule has 29 heavy (non-hydrogen) atoms. The van der Waals surface area contributed by atoms with Crippen molar-refractivity contribution in [2.45, 2.75) is 20.4 Å². The molecule has 1 fully saturated rings. The molecule has 0 unspecified atom stereocenters. The second kappa shape index (κ2) is 7.28. The van der Waals surface area contributed by atoms with Gasteiger partial charge >= 0.3 is 0 Å². The highest BCUT2D eigenvalue weighted by Crippen LogP contribution is 2.27. The molecule has 1 saturated heterocycles. The molecule has 148 valence electrons. The van der Waals surface area contributed by atoms with Crippen molar-refractivity contribution in [3.8, 4) is 0 Å². The van der Waals surface area contributed by atoms with Gasteiger partial charge in [0.15, 0.2) is 0 Å². The third-order valence-electron chi connectivity index (χ3n) is 5.75. The zero-order valence-electron chi connectivity index (χ0n) is 16.8. The molecule has 1 amide bonds. The maximum absolute atomic E-state index is 13.0.